The van der Waals surface area contributed by atoms with Crippen LogP contribution in [0, 0.1) is 6.92 Å². The Labute approximate surface area is 169 Å². The van der Waals surface area contributed by atoms with Gasteiger partial charge in [-0.2, -0.15) is 4.98 Å². The first kappa shape index (κ1) is 19.0. The van der Waals surface area contributed by atoms with E-state index in [0.717, 1.165) is 24.0 Å². The number of likely N-dealkylation sites (tertiary alicyclic amines) is 1. The molecule has 1 amide bonds. The van der Waals surface area contributed by atoms with Gasteiger partial charge in [0.1, 0.15) is 6.04 Å². The fourth-order valence-corrected chi connectivity index (χ4v) is 3.67. The molecule has 3 aromatic rings. The highest BCUT2D eigenvalue weighted by Gasteiger charge is 2.35. The summed E-state index contributed by atoms with van der Waals surface area (Å²) in [6.07, 6.45) is 1.67. The molecule has 1 fully saturated rings. The minimum Gasteiger partial charge on any atom is -0.493 e. The van der Waals surface area contributed by atoms with Crippen molar-refractivity contribution in [2.45, 2.75) is 25.8 Å². The third-order valence-corrected chi connectivity index (χ3v) is 5.15. The topological polar surface area (TPSA) is 77.7 Å². The second-order valence-corrected chi connectivity index (χ2v) is 7.05. The molecule has 4 rings (SSSR count). The smallest absolute Gasteiger partial charge is 0.254 e. The van der Waals surface area contributed by atoms with Crippen molar-refractivity contribution in [3.05, 3.63) is 59.5 Å². The maximum atomic E-state index is 13.2. The highest BCUT2D eigenvalue weighted by Crippen LogP contribution is 2.35. The molecule has 0 bridgehead atoms. The van der Waals surface area contributed by atoms with Crippen LogP contribution in [-0.2, 0) is 0 Å². The second-order valence-electron chi connectivity index (χ2n) is 7.05. The van der Waals surface area contributed by atoms with Gasteiger partial charge in [-0.1, -0.05) is 28.9 Å². The molecule has 0 N–H and O–H groups in total. The van der Waals surface area contributed by atoms with Gasteiger partial charge >= 0.3 is 0 Å². The lowest BCUT2D eigenvalue weighted by Gasteiger charge is -2.22. The van der Waals surface area contributed by atoms with Crippen LogP contribution in [0.4, 0.5) is 0 Å². The molecule has 2 aromatic carbocycles. The van der Waals surface area contributed by atoms with Crippen molar-refractivity contribution in [3.63, 3.8) is 0 Å². The van der Waals surface area contributed by atoms with Crippen molar-refractivity contribution in [1.29, 1.82) is 0 Å². The monoisotopic (exact) mass is 393 g/mol. The number of hydrogen-bond donors (Lipinski definition) is 0. The molecule has 0 radical (unpaired) electrons. The van der Waals surface area contributed by atoms with Crippen molar-refractivity contribution in [3.8, 4) is 22.9 Å². The number of carbonyl (C=O) groups is 1. The summed E-state index contributed by atoms with van der Waals surface area (Å²) in [6.45, 7) is 2.66. The van der Waals surface area contributed by atoms with E-state index < -0.39 is 0 Å². The zero-order chi connectivity index (χ0) is 20.4. The largest absolute Gasteiger partial charge is 0.493 e. The van der Waals surface area contributed by atoms with Crippen LogP contribution in [0.1, 0.15) is 40.7 Å². The molecule has 1 aliphatic rings. The minimum atomic E-state index is -0.235. The van der Waals surface area contributed by atoms with E-state index in [-0.39, 0.29) is 11.9 Å². The van der Waals surface area contributed by atoms with Gasteiger partial charge in [-0.05, 0) is 44.0 Å². The van der Waals surface area contributed by atoms with Crippen molar-refractivity contribution in [2.75, 3.05) is 20.8 Å². The summed E-state index contributed by atoms with van der Waals surface area (Å²) >= 11 is 0. The maximum Gasteiger partial charge on any atom is 0.254 e. The summed E-state index contributed by atoms with van der Waals surface area (Å²) in [5.41, 5.74) is 2.56. The molecular weight excluding hydrogens is 370 g/mol. The number of methoxy groups -OCH3 is 2. The lowest BCUT2D eigenvalue weighted by atomic mass is 10.1. The first-order valence-electron chi connectivity index (χ1n) is 9.54. The average Bonchev–Trinajstić information content (AvgIpc) is 3.42. The highest BCUT2D eigenvalue weighted by molar-refractivity contribution is 5.95. The lowest BCUT2D eigenvalue weighted by molar-refractivity contribution is 0.0709. The Balaban J connectivity index is 1.59. The van der Waals surface area contributed by atoms with Gasteiger partial charge in [0, 0.05) is 17.7 Å². The maximum absolute atomic E-state index is 13.2. The molecule has 1 aromatic heterocycles. The third-order valence-electron chi connectivity index (χ3n) is 5.15. The van der Waals surface area contributed by atoms with E-state index in [0.29, 0.717) is 35.3 Å². The molecular formula is C22H23N3O4. The molecule has 0 aliphatic carbocycles. The summed E-state index contributed by atoms with van der Waals surface area (Å²) in [4.78, 5) is 19.5. The number of aryl methyl sites for hydroxylation is 1. The summed E-state index contributed by atoms with van der Waals surface area (Å²) in [5, 5.41) is 4.13. The Bertz CT molecular complexity index is 1030. The van der Waals surface area contributed by atoms with Crippen molar-refractivity contribution < 1.29 is 18.8 Å². The number of hydrogen-bond acceptors (Lipinski definition) is 6. The number of aromatic nitrogens is 2. The Morgan fingerprint density at radius 3 is 2.72 bits per heavy atom. The predicted molar refractivity (Wildman–Crippen MR) is 107 cm³/mol. The normalized spacial score (nSPS) is 16.1. The number of nitrogens with zero attached hydrogens (tertiary/aromatic N) is 3. The molecule has 0 unspecified atom stereocenters. The SMILES string of the molecule is COc1ccc(C(=O)N2CCC[C@@H]2c2nc(-c3cccc(C)c3)no2)cc1OC. The molecule has 7 heteroatoms. The Kier molecular flexibility index (Phi) is 5.20. The van der Waals surface area contributed by atoms with E-state index in [9.17, 15) is 4.79 Å². The molecule has 1 saturated heterocycles. The molecule has 0 spiro atoms. The van der Waals surface area contributed by atoms with Crippen LogP contribution in [0.15, 0.2) is 47.0 Å². The minimum absolute atomic E-state index is 0.0937. The Hall–Kier alpha value is -3.35. The van der Waals surface area contributed by atoms with Crippen LogP contribution in [0.2, 0.25) is 0 Å². The van der Waals surface area contributed by atoms with Gasteiger partial charge in [-0.3, -0.25) is 4.79 Å². The molecule has 0 saturated carbocycles. The summed E-state index contributed by atoms with van der Waals surface area (Å²) in [7, 11) is 3.12. The number of ether oxygens (including phenoxy) is 2. The van der Waals surface area contributed by atoms with Crippen molar-refractivity contribution >= 4 is 5.91 Å². The van der Waals surface area contributed by atoms with Gasteiger partial charge in [0.25, 0.3) is 5.91 Å². The zero-order valence-corrected chi connectivity index (χ0v) is 16.7. The van der Waals surface area contributed by atoms with E-state index in [1.807, 2.05) is 31.2 Å². The third kappa shape index (κ3) is 3.68. The van der Waals surface area contributed by atoms with Crippen LogP contribution < -0.4 is 9.47 Å². The van der Waals surface area contributed by atoms with E-state index in [1.165, 1.54) is 0 Å². The molecule has 7 nitrogen and oxygen atoms in total. The van der Waals surface area contributed by atoms with Gasteiger partial charge in [-0.15, -0.1) is 0 Å². The van der Waals surface area contributed by atoms with Gasteiger partial charge in [-0.25, -0.2) is 0 Å². The highest BCUT2D eigenvalue weighted by atomic mass is 16.5. The van der Waals surface area contributed by atoms with Gasteiger partial charge < -0.3 is 18.9 Å². The van der Waals surface area contributed by atoms with Gasteiger partial charge in [0.15, 0.2) is 11.5 Å². The van der Waals surface area contributed by atoms with Crippen LogP contribution in [0.3, 0.4) is 0 Å². The van der Waals surface area contributed by atoms with Crippen molar-refractivity contribution in [1.82, 2.24) is 15.0 Å². The molecule has 2 heterocycles. The number of carbonyl (C=O) groups excluding carboxylic acids is 1. The lowest BCUT2D eigenvalue weighted by Crippen LogP contribution is -2.30. The number of benzene rings is 2. The molecule has 150 valence electrons. The fourth-order valence-electron chi connectivity index (χ4n) is 3.67. The van der Waals surface area contributed by atoms with Gasteiger partial charge in [0.05, 0.1) is 14.2 Å². The van der Waals surface area contributed by atoms with Crippen molar-refractivity contribution in [2.24, 2.45) is 0 Å². The van der Waals surface area contributed by atoms with E-state index >= 15 is 0 Å². The summed E-state index contributed by atoms with van der Waals surface area (Å²) < 4.78 is 16.1. The quantitative estimate of drug-likeness (QED) is 0.651. The van der Waals surface area contributed by atoms with E-state index in [4.69, 9.17) is 14.0 Å². The molecule has 29 heavy (non-hydrogen) atoms. The van der Waals surface area contributed by atoms with Crippen LogP contribution in [-0.4, -0.2) is 41.7 Å². The van der Waals surface area contributed by atoms with Crippen LogP contribution in [0.5, 0.6) is 11.5 Å². The van der Waals surface area contributed by atoms with Crippen LogP contribution in [0.25, 0.3) is 11.4 Å². The van der Waals surface area contributed by atoms with E-state index in [1.54, 1.807) is 37.3 Å². The van der Waals surface area contributed by atoms with Crippen LogP contribution >= 0.6 is 0 Å². The molecule has 1 atom stereocenters. The Morgan fingerprint density at radius 1 is 1.14 bits per heavy atom. The number of amides is 1. The standard InChI is InChI=1S/C22H23N3O4/c1-14-6-4-7-15(12-14)20-23-21(29-24-20)17-8-5-11-25(17)22(26)16-9-10-18(27-2)19(13-16)28-3/h4,6-7,9-10,12-13,17H,5,8,11H2,1-3H3/t17-/m1/s1. The fraction of sp³-hybridized carbons (Fsp3) is 0.318. The second kappa shape index (κ2) is 7.95. The number of rotatable bonds is 5. The Morgan fingerprint density at radius 2 is 1.97 bits per heavy atom. The zero-order valence-electron chi connectivity index (χ0n) is 16.7. The first-order chi connectivity index (χ1) is 14.1. The first-order valence-corrected chi connectivity index (χ1v) is 9.54. The summed E-state index contributed by atoms with van der Waals surface area (Å²) in [6, 6.07) is 12.9. The van der Waals surface area contributed by atoms with E-state index in [2.05, 4.69) is 10.1 Å². The summed E-state index contributed by atoms with van der Waals surface area (Å²) in [5.74, 6) is 2.01. The average molecular weight is 393 g/mol. The molecule has 1 aliphatic heterocycles. The van der Waals surface area contributed by atoms with Gasteiger partial charge in [0.2, 0.25) is 11.7 Å². The predicted octanol–water partition coefficient (Wildman–Crippen LogP) is 4.04.